The van der Waals surface area contributed by atoms with E-state index in [9.17, 15) is 22.8 Å². The van der Waals surface area contributed by atoms with Gasteiger partial charge in [-0.3, -0.25) is 4.79 Å². The zero-order valence-corrected chi connectivity index (χ0v) is 21.2. The van der Waals surface area contributed by atoms with Crippen molar-refractivity contribution >= 4 is 40.4 Å². The van der Waals surface area contributed by atoms with Crippen LogP contribution in [0, 0.1) is 0 Å². The molecule has 2 aliphatic rings. The Morgan fingerprint density at radius 1 is 1.23 bits per heavy atom. The number of ketones is 1. The molecule has 202 valence electrons. The molecule has 1 aromatic carbocycles. The van der Waals surface area contributed by atoms with Crippen LogP contribution in [0.25, 0.3) is 11.0 Å². The second-order valence-corrected chi connectivity index (χ2v) is 9.98. The van der Waals surface area contributed by atoms with Gasteiger partial charge < -0.3 is 29.2 Å². The fourth-order valence-electron chi connectivity index (χ4n) is 4.87. The summed E-state index contributed by atoms with van der Waals surface area (Å²) in [6.07, 6.45) is -1.93. The molecule has 0 bridgehead atoms. The summed E-state index contributed by atoms with van der Waals surface area (Å²) in [5, 5.41) is 4.05. The van der Waals surface area contributed by atoms with E-state index in [2.05, 4.69) is 20.3 Å². The second kappa shape index (κ2) is 9.56. The topological polar surface area (TPSA) is 122 Å². The molecule has 39 heavy (non-hydrogen) atoms. The molecule has 0 spiro atoms. The lowest BCUT2D eigenvalue weighted by molar-refractivity contribution is -0.137. The van der Waals surface area contributed by atoms with Crippen LogP contribution in [-0.2, 0) is 15.7 Å². The standard InChI is InChI=1S/C26H21F3N4O5S/c1-2-36-25(35)38-23-22-13(11-30-23)20(21-15(31-22)4-3-5-17(21)34)18-8-9-19(37-18)39-24-32-14-7-6-12(26(27,28)29)10-16(14)33-24/h6-11,20,30-31H,2-5H2,1H3,(H,32,33). The lowest BCUT2D eigenvalue weighted by Gasteiger charge is -2.31. The van der Waals surface area contributed by atoms with Crippen LogP contribution in [0.15, 0.2) is 62.5 Å². The Kier molecular flexibility index (Phi) is 6.17. The van der Waals surface area contributed by atoms with Gasteiger partial charge in [0.15, 0.2) is 16.0 Å². The predicted octanol–water partition coefficient (Wildman–Crippen LogP) is 6.75. The number of aromatic amines is 2. The van der Waals surface area contributed by atoms with Gasteiger partial charge in [0.25, 0.3) is 0 Å². The zero-order valence-electron chi connectivity index (χ0n) is 20.4. The van der Waals surface area contributed by atoms with Crippen molar-refractivity contribution in [3.63, 3.8) is 0 Å². The third-order valence-corrected chi connectivity index (χ3v) is 7.33. The first kappa shape index (κ1) is 25.2. The van der Waals surface area contributed by atoms with Gasteiger partial charge in [0.2, 0.25) is 5.88 Å². The first-order valence-electron chi connectivity index (χ1n) is 12.1. The Labute approximate surface area is 223 Å². The normalized spacial score (nSPS) is 17.1. The van der Waals surface area contributed by atoms with E-state index < -0.39 is 23.8 Å². The molecule has 0 saturated carbocycles. The van der Waals surface area contributed by atoms with E-state index in [1.807, 2.05) is 0 Å². The number of rotatable bonds is 5. The Morgan fingerprint density at radius 2 is 2.08 bits per heavy atom. The van der Waals surface area contributed by atoms with E-state index >= 15 is 0 Å². The number of imidazole rings is 1. The molecule has 1 atom stereocenters. The number of ether oxygens (including phenoxy) is 2. The number of aromatic nitrogens is 3. The van der Waals surface area contributed by atoms with Gasteiger partial charge in [0.05, 0.1) is 29.1 Å². The molecule has 3 aromatic heterocycles. The number of halogens is 3. The van der Waals surface area contributed by atoms with Crippen molar-refractivity contribution < 1.29 is 36.7 Å². The highest BCUT2D eigenvalue weighted by Gasteiger charge is 2.39. The van der Waals surface area contributed by atoms with Crippen molar-refractivity contribution in [3.8, 4) is 5.88 Å². The molecule has 1 aliphatic heterocycles. The van der Waals surface area contributed by atoms with Gasteiger partial charge in [-0.05, 0) is 61.9 Å². The van der Waals surface area contributed by atoms with Crippen LogP contribution in [0.4, 0.5) is 23.7 Å². The minimum absolute atomic E-state index is 0.00295. The molecule has 0 fully saturated rings. The number of Topliss-reactive ketones (excluding diaryl/α,β-unsaturated/α-hetero) is 1. The number of H-pyrrole nitrogens is 2. The fraction of sp³-hybridized carbons (Fsp3) is 0.269. The quantitative estimate of drug-likeness (QED) is 0.230. The van der Waals surface area contributed by atoms with Gasteiger partial charge in [-0.15, -0.1) is 0 Å². The predicted molar refractivity (Wildman–Crippen MR) is 134 cm³/mol. The molecule has 3 N–H and O–H groups in total. The number of carbonyl (C=O) groups excluding carboxylic acids is 2. The number of furan rings is 1. The highest BCUT2D eigenvalue weighted by molar-refractivity contribution is 7.99. The van der Waals surface area contributed by atoms with E-state index in [0.717, 1.165) is 29.6 Å². The highest BCUT2D eigenvalue weighted by Crippen LogP contribution is 2.49. The molecule has 9 nitrogen and oxygen atoms in total. The van der Waals surface area contributed by atoms with Crippen molar-refractivity contribution in [2.24, 2.45) is 0 Å². The molecule has 4 aromatic rings. The number of nitrogens with one attached hydrogen (secondary N) is 3. The summed E-state index contributed by atoms with van der Waals surface area (Å²) in [4.78, 5) is 35.2. The molecule has 13 heteroatoms. The number of hydrogen-bond donors (Lipinski definition) is 3. The third-order valence-electron chi connectivity index (χ3n) is 6.53. The van der Waals surface area contributed by atoms with Gasteiger partial charge in [0.1, 0.15) is 11.4 Å². The van der Waals surface area contributed by atoms with Crippen molar-refractivity contribution in [1.29, 1.82) is 0 Å². The molecule has 0 saturated heterocycles. The molecular formula is C26H21F3N4O5S. The van der Waals surface area contributed by atoms with Gasteiger partial charge >= 0.3 is 12.3 Å². The van der Waals surface area contributed by atoms with Gasteiger partial charge in [-0.25, -0.2) is 9.78 Å². The Bertz CT molecular complexity index is 1630. The van der Waals surface area contributed by atoms with E-state index in [1.54, 1.807) is 25.3 Å². The maximum Gasteiger partial charge on any atom is 0.515 e. The zero-order chi connectivity index (χ0) is 27.3. The summed E-state index contributed by atoms with van der Waals surface area (Å²) in [6.45, 7) is 1.82. The van der Waals surface area contributed by atoms with Crippen molar-refractivity contribution in [3.05, 3.63) is 64.7 Å². The minimum Gasteiger partial charge on any atom is -0.453 e. The number of fused-ring (bicyclic) bond motifs is 2. The van der Waals surface area contributed by atoms with Gasteiger partial charge in [0, 0.05) is 29.5 Å². The second-order valence-electron chi connectivity index (χ2n) is 8.99. The van der Waals surface area contributed by atoms with Crippen LogP contribution in [-0.4, -0.2) is 33.5 Å². The number of benzene rings is 1. The van der Waals surface area contributed by atoms with Crippen molar-refractivity contribution in [2.75, 3.05) is 11.9 Å². The summed E-state index contributed by atoms with van der Waals surface area (Å²) < 4.78 is 55.6. The number of alkyl halides is 3. The van der Waals surface area contributed by atoms with Crippen LogP contribution in [0.5, 0.6) is 5.88 Å². The summed E-state index contributed by atoms with van der Waals surface area (Å²) in [6, 6.07) is 6.78. The SMILES string of the molecule is CCOC(=O)Oc1[nH]cc2c1NC1=C(C(=O)CCC1)C2c1ccc(Sc2nc3ccc(C(F)(F)F)cc3[nH]2)o1. The van der Waals surface area contributed by atoms with Crippen LogP contribution in [0.3, 0.4) is 0 Å². The minimum atomic E-state index is -4.46. The van der Waals surface area contributed by atoms with E-state index in [-0.39, 0.29) is 23.8 Å². The number of hydrogen-bond acceptors (Lipinski definition) is 8. The Morgan fingerprint density at radius 3 is 2.87 bits per heavy atom. The summed E-state index contributed by atoms with van der Waals surface area (Å²) >= 11 is 1.12. The number of nitrogens with zero attached hydrogens (tertiary/aromatic N) is 1. The summed E-state index contributed by atoms with van der Waals surface area (Å²) in [5.74, 6) is 0.0934. The summed E-state index contributed by atoms with van der Waals surface area (Å²) in [5.41, 5.74) is 2.39. The number of carbonyl (C=O) groups is 2. The average Bonchev–Trinajstić information content (AvgIpc) is 3.61. The van der Waals surface area contributed by atoms with Crippen LogP contribution in [0.1, 0.15) is 49.0 Å². The molecule has 4 heterocycles. The molecule has 6 rings (SSSR count). The first-order valence-corrected chi connectivity index (χ1v) is 13.0. The lowest BCUT2D eigenvalue weighted by Crippen LogP contribution is -2.26. The van der Waals surface area contributed by atoms with E-state index in [4.69, 9.17) is 13.9 Å². The lowest BCUT2D eigenvalue weighted by atomic mass is 9.79. The smallest absolute Gasteiger partial charge is 0.453 e. The monoisotopic (exact) mass is 558 g/mol. The van der Waals surface area contributed by atoms with Crippen molar-refractivity contribution in [1.82, 2.24) is 15.0 Å². The number of anilines is 1. The molecular weight excluding hydrogens is 537 g/mol. The maximum atomic E-state index is 13.1. The average molecular weight is 559 g/mol. The molecule has 0 amide bonds. The first-order chi connectivity index (χ1) is 18.7. The van der Waals surface area contributed by atoms with Crippen LogP contribution < -0.4 is 10.1 Å². The van der Waals surface area contributed by atoms with Gasteiger partial charge in [-0.2, -0.15) is 13.2 Å². The van der Waals surface area contributed by atoms with E-state index in [1.165, 1.54) is 6.07 Å². The number of allylic oxidation sites excluding steroid dienone is 2. The molecule has 1 unspecified atom stereocenters. The Hall–Kier alpha value is -4.13. The van der Waals surface area contributed by atoms with Crippen molar-refractivity contribution in [2.45, 2.75) is 48.5 Å². The fourth-order valence-corrected chi connectivity index (χ4v) is 5.64. The molecule has 1 aliphatic carbocycles. The summed E-state index contributed by atoms with van der Waals surface area (Å²) in [7, 11) is 0. The van der Waals surface area contributed by atoms with Gasteiger partial charge in [-0.1, -0.05) is 0 Å². The molecule has 0 radical (unpaired) electrons. The van der Waals surface area contributed by atoms with Crippen LogP contribution >= 0.6 is 11.8 Å². The Balaban J connectivity index is 1.32. The largest absolute Gasteiger partial charge is 0.515 e. The highest BCUT2D eigenvalue weighted by atomic mass is 32.2. The van der Waals surface area contributed by atoms with E-state index in [0.29, 0.717) is 57.6 Å². The maximum absolute atomic E-state index is 13.1. The van der Waals surface area contributed by atoms with Crippen LogP contribution in [0.2, 0.25) is 0 Å². The third kappa shape index (κ3) is 4.67.